The van der Waals surface area contributed by atoms with Crippen molar-refractivity contribution in [3.05, 3.63) is 72.3 Å². The monoisotopic (exact) mass is 457 g/mol. The van der Waals surface area contributed by atoms with Crippen molar-refractivity contribution in [2.75, 3.05) is 4.72 Å². The minimum Gasteiger partial charge on any atom is -0.545 e. The fourth-order valence-electron chi connectivity index (χ4n) is 2.65. The summed E-state index contributed by atoms with van der Waals surface area (Å²) in [5.41, 5.74) is 0.820. The number of anilines is 1. The smallest absolute Gasteiger partial charge is 0.261 e. The molecule has 0 saturated carbocycles. The summed E-state index contributed by atoms with van der Waals surface area (Å²) in [5.74, 6) is -1.48. The molecule has 3 aromatic carbocycles. The van der Waals surface area contributed by atoms with Crippen LogP contribution in [0.15, 0.2) is 80.9 Å². The second kappa shape index (κ2) is 7.98. The minimum absolute atomic E-state index is 0.0128. The summed E-state index contributed by atoms with van der Waals surface area (Å²) in [5, 5.41) is 21.2. The Balaban J connectivity index is 1.61. The molecule has 1 aromatic heterocycles. The summed E-state index contributed by atoms with van der Waals surface area (Å²) >= 11 is 2.68. The Bertz CT molecular complexity index is 1330. The van der Waals surface area contributed by atoms with Gasteiger partial charge < -0.3 is 15.0 Å². The summed E-state index contributed by atoms with van der Waals surface area (Å²) in [7, 11) is -4.04. The van der Waals surface area contributed by atoms with Crippen LogP contribution in [-0.4, -0.2) is 24.5 Å². The lowest BCUT2D eigenvalue weighted by atomic mass is 10.2. The number of sulfonamides is 1. The Hall–Kier alpha value is -3.08. The highest BCUT2D eigenvalue weighted by molar-refractivity contribution is 8.01. The predicted molar refractivity (Wildman–Crippen MR) is 113 cm³/mol. The van der Waals surface area contributed by atoms with Gasteiger partial charge in [-0.05, 0) is 48.0 Å². The van der Waals surface area contributed by atoms with Gasteiger partial charge in [0.05, 0.1) is 31.7 Å². The molecule has 10 heteroatoms. The number of carboxylic acids is 1. The van der Waals surface area contributed by atoms with E-state index in [0.717, 1.165) is 16.3 Å². The van der Waals surface area contributed by atoms with Crippen molar-refractivity contribution >= 4 is 55.0 Å². The number of nitrogens with zero attached hydrogens (tertiary/aromatic N) is 1. The highest BCUT2D eigenvalue weighted by Gasteiger charge is 2.17. The van der Waals surface area contributed by atoms with Crippen molar-refractivity contribution < 1.29 is 23.4 Å². The largest absolute Gasteiger partial charge is 0.545 e. The van der Waals surface area contributed by atoms with E-state index in [0.29, 0.717) is 9.24 Å². The van der Waals surface area contributed by atoms with Crippen molar-refractivity contribution in [3.63, 3.8) is 0 Å². The molecule has 0 spiro atoms. The summed E-state index contributed by atoms with van der Waals surface area (Å²) in [6.45, 7) is 0. The highest BCUT2D eigenvalue weighted by atomic mass is 32.2. The molecule has 0 amide bonds. The molecule has 0 atom stereocenters. The number of carbonyl (C=O) groups excluding carboxylic acids is 1. The van der Waals surface area contributed by atoms with Gasteiger partial charge in [0, 0.05) is 0 Å². The highest BCUT2D eigenvalue weighted by Crippen LogP contribution is 2.39. The lowest BCUT2D eigenvalue weighted by molar-refractivity contribution is -0.255. The van der Waals surface area contributed by atoms with E-state index in [1.165, 1.54) is 59.5 Å². The number of benzene rings is 3. The van der Waals surface area contributed by atoms with Crippen LogP contribution in [0.2, 0.25) is 0 Å². The number of thiazole rings is 1. The number of aromatic hydroxyl groups is 1. The Morgan fingerprint density at radius 2 is 1.87 bits per heavy atom. The van der Waals surface area contributed by atoms with E-state index in [9.17, 15) is 23.4 Å². The average Bonchev–Trinajstić information content (AvgIpc) is 3.13. The maximum atomic E-state index is 12.6. The van der Waals surface area contributed by atoms with Crippen molar-refractivity contribution in [1.82, 2.24) is 4.98 Å². The molecule has 152 valence electrons. The second-order valence-electron chi connectivity index (χ2n) is 6.15. The predicted octanol–water partition coefficient (Wildman–Crippen LogP) is 3.32. The number of aromatic carboxylic acids is 1. The molecule has 2 N–H and O–H groups in total. The zero-order chi connectivity index (χ0) is 21.3. The van der Waals surface area contributed by atoms with E-state index in [-0.39, 0.29) is 21.9 Å². The molecule has 0 aliphatic carbocycles. The number of fused-ring (bicyclic) bond motifs is 1. The summed E-state index contributed by atoms with van der Waals surface area (Å²) in [6.07, 6.45) is 0. The average molecular weight is 458 g/mol. The molecule has 4 rings (SSSR count). The first-order chi connectivity index (χ1) is 14.3. The number of hydrogen-bond donors (Lipinski definition) is 2. The van der Waals surface area contributed by atoms with Crippen LogP contribution in [0.4, 0.5) is 5.69 Å². The van der Waals surface area contributed by atoms with Gasteiger partial charge in [-0.15, -0.1) is 11.3 Å². The van der Waals surface area contributed by atoms with Gasteiger partial charge in [-0.3, -0.25) is 4.72 Å². The molecule has 4 aromatic rings. The molecule has 7 nitrogen and oxygen atoms in total. The normalized spacial score (nSPS) is 11.5. The Morgan fingerprint density at radius 3 is 2.63 bits per heavy atom. The molecule has 0 saturated heterocycles. The topological polar surface area (TPSA) is 119 Å². The molecule has 0 unspecified atom stereocenters. The van der Waals surface area contributed by atoms with Crippen LogP contribution in [-0.2, 0) is 10.0 Å². The number of aromatic nitrogens is 1. The third-order valence-electron chi connectivity index (χ3n) is 4.06. The first kappa shape index (κ1) is 20.2. The first-order valence-electron chi connectivity index (χ1n) is 8.52. The summed E-state index contributed by atoms with van der Waals surface area (Å²) < 4.78 is 29.4. The molecule has 30 heavy (non-hydrogen) atoms. The maximum Gasteiger partial charge on any atom is 0.261 e. The van der Waals surface area contributed by atoms with Gasteiger partial charge in [0.1, 0.15) is 5.75 Å². The van der Waals surface area contributed by atoms with Gasteiger partial charge in [0.15, 0.2) is 4.34 Å². The standard InChI is InChI=1S/C20H14N2O5S3/c23-16-9-8-13(22-30(26,27)14-5-3-4-12(10-14)19(24)25)11-18(16)29-20-21-15-6-1-2-7-17(15)28-20/h1-11,22-23H,(H,24,25)/p-1. The van der Waals surface area contributed by atoms with Gasteiger partial charge >= 0.3 is 0 Å². The van der Waals surface area contributed by atoms with Gasteiger partial charge in [0.2, 0.25) is 0 Å². The maximum absolute atomic E-state index is 12.6. The molecule has 0 aliphatic heterocycles. The van der Waals surface area contributed by atoms with Crippen molar-refractivity contribution in [2.24, 2.45) is 0 Å². The van der Waals surface area contributed by atoms with Crippen LogP contribution in [0.5, 0.6) is 5.75 Å². The third kappa shape index (κ3) is 4.25. The zero-order valence-corrected chi connectivity index (χ0v) is 17.6. The van der Waals surface area contributed by atoms with Crippen molar-refractivity contribution in [1.29, 1.82) is 0 Å². The van der Waals surface area contributed by atoms with Gasteiger partial charge in [0.25, 0.3) is 10.0 Å². The van der Waals surface area contributed by atoms with Gasteiger partial charge in [-0.1, -0.05) is 36.0 Å². The molecule has 1 heterocycles. The first-order valence-corrected chi connectivity index (χ1v) is 11.6. The Kier molecular flexibility index (Phi) is 5.37. The third-order valence-corrected chi connectivity index (χ3v) is 7.59. The number of hydrogen-bond acceptors (Lipinski definition) is 8. The van der Waals surface area contributed by atoms with E-state index in [2.05, 4.69) is 9.71 Å². The Morgan fingerprint density at radius 1 is 1.07 bits per heavy atom. The van der Waals surface area contributed by atoms with Crippen LogP contribution < -0.4 is 9.83 Å². The molecular formula is C20H13N2O5S3-. The molecule has 0 radical (unpaired) electrons. The SMILES string of the molecule is O=C([O-])c1cccc(S(=O)(=O)Nc2ccc(O)c(Sc3nc4ccccc4s3)c2)c1. The van der Waals surface area contributed by atoms with Crippen LogP contribution in [0, 0.1) is 0 Å². The number of para-hydroxylation sites is 1. The van der Waals surface area contributed by atoms with Crippen LogP contribution >= 0.6 is 23.1 Å². The Labute approximate surface area is 180 Å². The van der Waals surface area contributed by atoms with E-state index in [4.69, 9.17) is 0 Å². The second-order valence-corrected chi connectivity index (χ2v) is 10.2. The molecular weight excluding hydrogens is 444 g/mol. The van der Waals surface area contributed by atoms with Crippen LogP contribution in [0.3, 0.4) is 0 Å². The van der Waals surface area contributed by atoms with Crippen LogP contribution in [0.1, 0.15) is 10.4 Å². The van der Waals surface area contributed by atoms with E-state index >= 15 is 0 Å². The number of nitrogens with one attached hydrogen (secondary N) is 1. The lowest BCUT2D eigenvalue weighted by Gasteiger charge is -2.11. The molecule has 0 aliphatic rings. The molecule has 0 fully saturated rings. The number of carboxylic acid groups (broad SMARTS) is 1. The van der Waals surface area contributed by atoms with E-state index in [1.54, 1.807) is 0 Å². The van der Waals surface area contributed by atoms with Gasteiger partial charge in [-0.25, -0.2) is 13.4 Å². The van der Waals surface area contributed by atoms with E-state index in [1.807, 2.05) is 24.3 Å². The van der Waals surface area contributed by atoms with Crippen molar-refractivity contribution in [3.8, 4) is 5.75 Å². The van der Waals surface area contributed by atoms with Crippen LogP contribution in [0.25, 0.3) is 10.2 Å². The van der Waals surface area contributed by atoms with Crippen molar-refractivity contribution in [2.45, 2.75) is 14.1 Å². The lowest BCUT2D eigenvalue weighted by Crippen LogP contribution is -2.23. The fraction of sp³-hybridized carbons (Fsp3) is 0. The fourth-order valence-corrected chi connectivity index (χ4v) is 5.84. The quantitative estimate of drug-likeness (QED) is 0.426. The minimum atomic E-state index is -4.04. The number of rotatable bonds is 6. The molecule has 0 bridgehead atoms. The summed E-state index contributed by atoms with van der Waals surface area (Å²) in [4.78, 5) is 15.7. The van der Waals surface area contributed by atoms with E-state index < -0.39 is 16.0 Å². The summed E-state index contributed by atoms with van der Waals surface area (Å²) in [6, 6.07) is 16.8. The zero-order valence-electron chi connectivity index (χ0n) is 15.1. The van der Waals surface area contributed by atoms with Gasteiger partial charge in [-0.2, -0.15) is 0 Å². The number of phenolic OH excluding ortho intramolecular Hbond substituents is 1. The number of carbonyl (C=O) groups is 1. The number of phenols is 1.